The number of hydrogen-bond acceptors (Lipinski definition) is 3. The molecule has 0 saturated carbocycles. The van der Waals surface area contributed by atoms with Crippen LogP contribution in [0.25, 0.3) is 0 Å². The molecular formula is C7H12F3NO2S. The molecule has 0 unspecified atom stereocenters. The van der Waals surface area contributed by atoms with Gasteiger partial charge in [-0.15, -0.1) is 0 Å². The maximum atomic E-state index is 11.7. The first kappa shape index (κ1) is 11.8. The van der Waals surface area contributed by atoms with Crippen LogP contribution in [0.2, 0.25) is 0 Å². The molecule has 14 heavy (non-hydrogen) atoms. The van der Waals surface area contributed by atoms with Gasteiger partial charge in [0.25, 0.3) is 0 Å². The van der Waals surface area contributed by atoms with E-state index in [0.29, 0.717) is 13.1 Å². The van der Waals surface area contributed by atoms with Crippen molar-refractivity contribution < 1.29 is 21.6 Å². The van der Waals surface area contributed by atoms with Crippen LogP contribution in [-0.4, -0.2) is 39.2 Å². The van der Waals surface area contributed by atoms with Crippen molar-refractivity contribution in [3.8, 4) is 0 Å². The molecule has 0 amide bonds. The Morgan fingerprint density at radius 3 is 2.21 bits per heavy atom. The molecule has 0 atom stereocenters. The molecule has 1 saturated heterocycles. The van der Waals surface area contributed by atoms with Crippen molar-refractivity contribution >= 4 is 9.84 Å². The van der Waals surface area contributed by atoms with E-state index >= 15 is 0 Å². The zero-order valence-electron chi connectivity index (χ0n) is 7.47. The van der Waals surface area contributed by atoms with Crippen LogP contribution in [0.15, 0.2) is 0 Å². The van der Waals surface area contributed by atoms with E-state index in [0.717, 1.165) is 0 Å². The lowest BCUT2D eigenvalue weighted by molar-refractivity contribution is -0.129. The second-order valence-corrected chi connectivity index (χ2v) is 5.73. The predicted octanol–water partition coefficient (Wildman–Crippen LogP) is 0.573. The van der Waals surface area contributed by atoms with Gasteiger partial charge in [-0.25, -0.2) is 8.42 Å². The summed E-state index contributed by atoms with van der Waals surface area (Å²) in [6.07, 6.45) is -5.62. The fourth-order valence-electron chi connectivity index (χ4n) is 1.18. The smallest absolute Gasteiger partial charge is 0.316 e. The lowest BCUT2D eigenvalue weighted by Gasteiger charge is -2.26. The number of rotatable bonds is 4. The van der Waals surface area contributed by atoms with Crippen LogP contribution in [-0.2, 0) is 9.84 Å². The summed E-state index contributed by atoms with van der Waals surface area (Å²) in [5.74, 6) is -0.920. The number of nitrogens with one attached hydrogen (secondary N) is 1. The van der Waals surface area contributed by atoms with Gasteiger partial charge in [0.1, 0.15) is 0 Å². The fraction of sp³-hybridized carbons (Fsp3) is 1.00. The van der Waals surface area contributed by atoms with Crippen molar-refractivity contribution in [3.63, 3.8) is 0 Å². The SMILES string of the molecule is O=S(=O)(CCC(F)(F)F)CC1CNC1. The molecule has 0 aromatic carbocycles. The Morgan fingerprint density at radius 2 is 1.86 bits per heavy atom. The Bertz CT molecular complexity index is 282. The fourth-order valence-corrected chi connectivity index (χ4v) is 2.84. The molecule has 84 valence electrons. The highest BCUT2D eigenvalue weighted by Gasteiger charge is 2.31. The monoisotopic (exact) mass is 231 g/mol. The van der Waals surface area contributed by atoms with Crippen LogP contribution < -0.4 is 5.32 Å². The normalized spacial score (nSPS) is 19.4. The lowest BCUT2D eigenvalue weighted by Crippen LogP contribution is -2.46. The minimum Gasteiger partial charge on any atom is -0.316 e. The van der Waals surface area contributed by atoms with Gasteiger partial charge in [-0.05, 0) is 5.92 Å². The molecule has 3 nitrogen and oxygen atoms in total. The van der Waals surface area contributed by atoms with Crippen LogP contribution in [0.4, 0.5) is 13.2 Å². The van der Waals surface area contributed by atoms with Gasteiger partial charge >= 0.3 is 6.18 Å². The third-order valence-electron chi connectivity index (χ3n) is 2.05. The molecule has 0 aromatic heterocycles. The van der Waals surface area contributed by atoms with Crippen molar-refractivity contribution in [3.05, 3.63) is 0 Å². The number of hydrogen-bond donors (Lipinski definition) is 1. The molecule has 1 N–H and O–H groups in total. The molecule has 0 aliphatic carbocycles. The third-order valence-corrected chi connectivity index (χ3v) is 3.86. The van der Waals surface area contributed by atoms with Gasteiger partial charge in [0, 0.05) is 13.1 Å². The summed E-state index contributed by atoms with van der Waals surface area (Å²) in [4.78, 5) is 0. The summed E-state index contributed by atoms with van der Waals surface area (Å²) >= 11 is 0. The summed E-state index contributed by atoms with van der Waals surface area (Å²) in [6, 6.07) is 0. The van der Waals surface area contributed by atoms with Gasteiger partial charge in [-0.3, -0.25) is 0 Å². The van der Waals surface area contributed by atoms with E-state index in [1.165, 1.54) is 0 Å². The van der Waals surface area contributed by atoms with Crippen molar-refractivity contribution in [1.29, 1.82) is 0 Å². The minimum atomic E-state index is -4.38. The summed E-state index contributed by atoms with van der Waals surface area (Å²) < 4.78 is 57.5. The topological polar surface area (TPSA) is 46.2 Å². The average Bonchev–Trinajstić information content (AvgIpc) is 1.93. The molecule has 0 bridgehead atoms. The van der Waals surface area contributed by atoms with Crippen LogP contribution in [0.1, 0.15) is 6.42 Å². The van der Waals surface area contributed by atoms with Crippen molar-refractivity contribution in [2.75, 3.05) is 24.6 Å². The first-order chi connectivity index (χ1) is 6.29. The van der Waals surface area contributed by atoms with E-state index in [-0.39, 0.29) is 11.7 Å². The van der Waals surface area contributed by atoms with Crippen LogP contribution in [0.3, 0.4) is 0 Å². The zero-order valence-corrected chi connectivity index (χ0v) is 8.29. The Labute approximate surface area is 80.6 Å². The number of alkyl halides is 3. The van der Waals surface area contributed by atoms with Gasteiger partial charge in [0.2, 0.25) is 0 Å². The maximum Gasteiger partial charge on any atom is 0.390 e. The zero-order chi connectivity index (χ0) is 10.8. The maximum absolute atomic E-state index is 11.7. The summed E-state index contributed by atoms with van der Waals surface area (Å²) in [6.45, 7) is 1.18. The number of sulfone groups is 1. The van der Waals surface area contributed by atoms with Crippen molar-refractivity contribution in [2.45, 2.75) is 12.6 Å². The molecule has 1 heterocycles. The van der Waals surface area contributed by atoms with E-state index in [9.17, 15) is 21.6 Å². The first-order valence-corrected chi connectivity index (χ1v) is 6.08. The quantitative estimate of drug-likeness (QED) is 0.769. The minimum absolute atomic E-state index is 0.00627. The first-order valence-electron chi connectivity index (χ1n) is 4.26. The molecule has 1 rings (SSSR count). The van der Waals surface area contributed by atoms with E-state index in [2.05, 4.69) is 5.32 Å². The lowest BCUT2D eigenvalue weighted by atomic mass is 10.1. The van der Waals surface area contributed by atoms with Crippen LogP contribution >= 0.6 is 0 Å². The summed E-state index contributed by atoms with van der Waals surface area (Å²) in [5, 5.41) is 2.87. The largest absolute Gasteiger partial charge is 0.390 e. The molecule has 0 radical (unpaired) electrons. The predicted molar refractivity (Wildman–Crippen MR) is 45.7 cm³/mol. The molecule has 0 aromatic rings. The standard InChI is InChI=1S/C7H12F3NO2S/c8-7(9,10)1-2-14(12,13)5-6-3-11-4-6/h6,11H,1-5H2. The van der Waals surface area contributed by atoms with E-state index < -0.39 is 28.2 Å². The highest BCUT2D eigenvalue weighted by atomic mass is 32.2. The summed E-state index contributed by atoms with van der Waals surface area (Å²) in [5.41, 5.74) is 0. The Hall–Kier alpha value is -0.300. The van der Waals surface area contributed by atoms with E-state index in [4.69, 9.17) is 0 Å². The second-order valence-electron chi connectivity index (χ2n) is 3.50. The molecule has 1 aliphatic rings. The van der Waals surface area contributed by atoms with Gasteiger partial charge in [0.05, 0.1) is 17.9 Å². The van der Waals surface area contributed by atoms with Gasteiger partial charge in [-0.2, -0.15) is 13.2 Å². The highest BCUT2D eigenvalue weighted by Crippen LogP contribution is 2.21. The van der Waals surface area contributed by atoms with Gasteiger partial charge in [0.15, 0.2) is 9.84 Å². The third kappa shape index (κ3) is 4.28. The van der Waals surface area contributed by atoms with E-state index in [1.807, 2.05) is 0 Å². The Morgan fingerprint density at radius 1 is 1.29 bits per heavy atom. The highest BCUT2D eigenvalue weighted by molar-refractivity contribution is 7.91. The molecule has 1 aliphatic heterocycles. The van der Waals surface area contributed by atoms with E-state index in [1.54, 1.807) is 0 Å². The van der Waals surface area contributed by atoms with Crippen molar-refractivity contribution in [1.82, 2.24) is 5.32 Å². The summed E-state index contributed by atoms with van der Waals surface area (Å²) in [7, 11) is -3.53. The second kappa shape index (κ2) is 4.06. The molecule has 7 heteroatoms. The van der Waals surface area contributed by atoms with Crippen molar-refractivity contribution in [2.24, 2.45) is 5.92 Å². The van der Waals surface area contributed by atoms with Gasteiger partial charge in [-0.1, -0.05) is 0 Å². The van der Waals surface area contributed by atoms with Crippen LogP contribution in [0, 0.1) is 5.92 Å². The van der Waals surface area contributed by atoms with Gasteiger partial charge < -0.3 is 5.32 Å². The Kier molecular flexibility index (Phi) is 3.41. The van der Waals surface area contributed by atoms with Crippen LogP contribution in [0.5, 0.6) is 0 Å². The average molecular weight is 231 g/mol. The number of halogens is 3. The Balaban J connectivity index is 2.34. The molecular weight excluding hydrogens is 219 g/mol. The molecule has 0 spiro atoms. The molecule has 1 fully saturated rings.